The second-order valence-corrected chi connectivity index (χ2v) is 14.9. The van der Waals surface area contributed by atoms with Crippen molar-refractivity contribution < 1.29 is 24.2 Å². The molecule has 0 radical (unpaired) electrons. The van der Waals surface area contributed by atoms with E-state index in [1.165, 1.54) is 116 Å². The minimum atomic E-state index is -1.02. The minimum Gasteiger partial charge on any atom is -0.480 e. The van der Waals surface area contributed by atoms with E-state index in [4.69, 9.17) is 9.84 Å². The number of rotatable bonds is 40. The van der Waals surface area contributed by atoms with E-state index in [9.17, 15) is 14.4 Å². The van der Waals surface area contributed by atoms with Crippen LogP contribution in [-0.4, -0.2) is 35.6 Å². The van der Waals surface area contributed by atoms with E-state index in [0.29, 0.717) is 12.8 Å². The van der Waals surface area contributed by atoms with Gasteiger partial charge in [0.1, 0.15) is 12.6 Å². The van der Waals surface area contributed by atoms with Crippen LogP contribution in [0.5, 0.6) is 0 Å². The van der Waals surface area contributed by atoms with Gasteiger partial charge in [0.15, 0.2) is 0 Å². The number of carbonyl (C=O) groups is 3. The van der Waals surface area contributed by atoms with E-state index in [-0.39, 0.29) is 24.5 Å². The highest BCUT2D eigenvalue weighted by atomic mass is 16.5. The van der Waals surface area contributed by atoms with E-state index in [2.05, 4.69) is 55.6 Å². The first-order valence-corrected chi connectivity index (χ1v) is 22.1. The highest BCUT2D eigenvalue weighted by Crippen LogP contribution is 2.18. The second-order valence-electron chi connectivity index (χ2n) is 14.9. The lowest BCUT2D eigenvalue weighted by molar-refractivity contribution is -0.150. The van der Waals surface area contributed by atoms with Crippen LogP contribution >= 0.6 is 0 Å². The molecule has 6 nitrogen and oxygen atoms in total. The van der Waals surface area contributed by atoms with Gasteiger partial charge in [-0.2, -0.15) is 0 Å². The minimum absolute atomic E-state index is 0.0000705. The Kier molecular flexibility index (Phi) is 39.5. The van der Waals surface area contributed by atoms with Crippen LogP contribution in [0.4, 0.5) is 0 Å². The summed E-state index contributed by atoms with van der Waals surface area (Å²) in [4.78, 5) is 35.0. The molecular formula is C46H83NO5. The van der Waals surface area contributed by atoms with E-state index >= 15 is 0 Å². The van der Waals surface area contributed by atoms with Gasteiger partial charge in [0.25, 0.3) is 0 Å². The molecule has 52 heavy (non-hydrogen) atoms. The van der Waals surface area contributed by atoms with Crippen molar-refractivity contribution in [3.8, 4) is 0 Å². The molecule has 1 atom stereocenters. The van der Waals surface area contributed by atoms with Gasteiger partial charge in [0.05, 0.1) is 0 Å². The van der Waals surface area contributed by atoms with Crippen molar-refractivity contribution in [2.75, 3.05) is 6.54 Å². The number of unbranched alkanes of at least 4 members (excludes halogenated alkanes) is 23. The highest BCUT2D eigenvalue weighted by molar-refractivity contribution is 5.80. The molecule has 0 aliphatic heterocycles. The summed E-state index contributed by atoms with van der Waals surface area (Å²) in [6, 6.07) is 0. The zero-order valence-electron chi connectivity index (χ0n) is 34.2. The fourth-order valence-electron chi connectivity index (χ4n) is 6.48. The van der Waals surface area contributed by atoms with Gasteiger partial charge in [-0.3, -0.25) is 14.4 Å². The summed E-state index contributed by atoms with van der Waals surface area (Å²) >= 11 is 0. The average molecular weight is 730 g/mol. The van der Waals surface area contributed by atoms with Gasteiger partial charge in [-0.25, -0.2) is 0 Å². The SMILES string of the molecule is CCCCCCC/C=C\C/C=C\CCCCCC(CCCCCCCC(=O)NCC(=O)O)OC(=O)CCCCCCC/C=C\CCCCCCCC. The van der Waals surface area contributed by atoms with Crippen LogP contribution in [0.25, 0.3) is 0 Å². The molecule has 0 rings (SSSR count). The number of esters is 1. The maximum absolute atomic E-state index is 12.8. The van der Waals surface area contributed by atoms with E-state index in [1.54, 1.807) is 0 Å². The lowest BCUT2D eigenvalue weighted by Crippen LogP contribution is -2.28. The highest BCUT2D eigenvalue weighted by Gasteiger charge is 2.14. The van der Waals surface area contributed by atoms with E-state index < -0.39 is 5.97 Å². The van der Waals surface area contributed by atoms with Gasteiger partial charge in [0.2, 0.25) is 5.91 Å². The van der Waals surface area contributed by atoms with Crippen molar-refractivity contribution in [1.82, 2.24) is 5.32 Å². The molecule has 6 heteroatoms. The monoisotopic (exact) mass is 730 g/mol. The Morgan fingerprint density at radius 1 is 0.500 bits per heavy atom. The molecule has 1 unspecified atom stereocenters. The van der Waals surface area contributed by atoms with Crippen molar-refractivity contribution >= 4 is 17.8 Å². The molecule has 0 aromatic carbocycles. The van der Waals surface area contributed by atoms with Crippen molar-refractivity contribution in [1.29, 1.82) is 0 Å². The van der Waals surface area contributed by atoms with Gasteiger partial charge >= 0.3 is 11.9 Å². The average Bonchev–Trinajstić information content (AvgIpc) is 3.13. The number of nitrogens with one attached hydrogen (secondary N) is 1. The number of carboxylic acids is 1. The van der Waals surface area contributed by atoms with Crippen LogP contribution in [0.1, 0.15) is 226 Å². The fourth-order valence-corrected chi connectivity index (χ4v) is 6.48. The lowest BCUT2D eigenvalue weighted by Gasteiger charge is -2.18. The summed E-state index contributed by atoms with van der Waals surface area (Å²) in [5, 5.41) is 11.1. The summed E-state index contributed by atoms with van der Waals surface area (Å²) < 4.78 is 6.02. The first kappa shape index (κ1) is 49.6. The topological polar surface area (TPSA) is 92.7 Å². The third kappa shape index (κ3) is 40.4. The number of aliphatic carboxylic acids is 1. The molecule has 0 aromatic heterocycles. The van der Waals surface area contributed by atoms with Crippen LogP contribution in [0, 0.1) is 0 Å². The molecule has 0 aromatic rings. The van der Waals surface area contributed by atoms with Crippen LogP contribution in [-0.2, 0) is 19.1 Å². The van der Waals surface area contributed by atoms with E-state index in [1.807, 2.05) is 0 Å². The van der Waals surface area contributed by atoms with Gasteiger partial charge < -0.3 is 15.2 Å². The van der Waals surface area contributed by atoms with Gasteiger partial charge in [0, 0.05) is 12.8 Å². The number of allylic oxidation sites excluding steroid dienone is 6. The lowest BCUT2D eigenvalue weighted by atomic mass is 10.0. The summed E-state index contributed by atoms with van der Waals surface area (Å²) in [5.74, 6) is -1.25. The molecule has 0 aliphatic rings. The number of ether oxygens (including phenoxy) is 1. The number of carbonyl (C=O) groups excluding carboxylic acids is 2. The number of hydrogen-bond acceptors (Lipinski definition) is 4. The fraction of sp³-hybridized carbons (Fsp3) is 0.804. The number of hydrogen-bond donors (Lipinski definition) is 2. The standard InChI is InChI=1S/C46H83NO5/c1-3-5-7-9-11-13-15-17-19-21-23-25-27-30-34-38-43(39-35-31-29-32-36-40-44(48)47-42-45(49)50)52-46(51)41-37-33-28-26-24-22-20-18-16-14-12-10-8-6-4-2/h15,17-18,20-21,23,43H,3-14,16,19,22,24-42H2,1-2H3,(H,47,48)(H,49,50)/b17-15-,20-18-,23-21-. The molecule has 302 valence electrons. The Labute approximate surface area is 321 Å². The summed E-state index contributed by atoms with van der Waals surface area (Å²) in [6.45, 7) is 4.21. The largest absolute Gasteiger partial charge is 0.480 e. The van der Waals surface area contributed by atoms with Crippen molar-refractivity contribution in [2.24, 2.45) is 0 Å². The Hall–Kier alpha value is -2.37. The predicted molar refractivity (Wildman–Crippen MR) is 222 cm³/mol. The molecule has 0 saturated carbocycles. The maximum Gasteiger partial charge on any atom is 0.322 e. The Morgan fingerprint density at radius 2 is 0.885 bits per heavy atom. The third-order valence-corrected chi connectivity index (χ3v) is 9.78. The first-order valence-electron chi connectivity index (χ1n) is 22.1. The molecule has 2 N–H and O–H groups in total. The summed E-state index contributed by atoms with van der Waals surface area (Å²) in [5.41, 5.74) is 0. The van der Waals surface area contributed by atoms with Gasteiger partial charge in [-0.15, -0.1) is 0 Å². The molecular weight excluding hydrogens is 647 g/mol. The van der Waals surface area contributed by atoms with Gasteiger partial charge in [-0.05, 0) is 96.3 Å². The molecule has 1 amide bonds. The van der Waals surface area contributed by atoms with Crippen molar-refractivity contribution in [3.05, 3.63) is 36.5 Å². The predicted octanol–water partition coefficient (Wildman–Crippen LogP) is 13.7. The van der Waals surface area contributed by atoms with E-state index in [0.717, 1.165) is 83.5 Å². The number of amides is 1. The molecule has 0 aliphatic carbocycles. The molecule has 0 bridgehead atoms. The number of carboxylic acid groups (broad SMARTS) is 1. The van der Waals surface area contributed by atoms with Crippen molar-refractivity contribution in [2.45, 2.75) is 232 Å². The Bertz CT molecular complexity index is 895. The summed E-state index contributed by atoms with van der Waals surface area (Å²) in [6.07, 6.45) is 51.2. The van der Waals surface area contributed by atoms with Crippen LogP contribution < -0.4 is 5.32 Å². The first-order chi connectivity index (χ1) is 25.5. The normalized spacial score (nSPS) is 12.3. The molecule has 0 heterocycles. The summed E-state index contributed by atoms with van der Waals surface area (Å²) in [7, 11) is 0. The van der Waals surface area contributed by atoms with Crippen LogP contribution in [0.15, 0.2) is 36.5 Å². The molecule has 0 saturated heterocycles. The Morgan fingerprint density at radius 3 is 1.37 bits per heavy atom. The third-order valence-electron chi connectivity index (χ3n) is 9.78. The van der Waals surface area contributed by atoms with Crippen molar-refractivity contribution in [3.63, 3.8) is 0 Å². The zero-order chi connectivity index (χ0) is 38.0. The quantitative estimate of drug-likeness (QED) is 0.0372. The Balaban J connectivity index is 4.24. The van der Waals surface area contributed by atoms with Crippen LogP contribution in [0.3, 0.4) is 0 Å². The zero-order valence-corrected chi connectivity index (χ0v) is 34.2. The van der Waals surface area contributed by atoms with Crippen LogP contribution in [0.2, 0.25) is 0 Å². The smallest absolute Gasteiger partial charge is 0.322 e. The molecule has 0 spiro atoms. The second kappa shape index (κ2) is 41.4. The molecule has 0 fully saturated rings. The van der Waals surface area contributed by atoms with Gasteiger partial charge in [-0.1, -0.05) is 153 Å². The maximum atomic E-state index is 12.8.